The molecule has 6 saturated heterocycles. The number of ether oxygens (including phenoxy) is 2. The number of para-hydroxylation sites is 1. The highest BCUT2D eigenvalue weighted by atomic mass is 32.1. The van der Waals surface area contributed by atoms with Gasteiger partial charge in [-0.1, -0.05) is 55.4 Å². The van der Waals surface area contributed by atoms with Crippen LogP contribution >= 0.6 is 11.3 Å². The van der Waals surface area contributed by atoms with Gasteiger partial charge >= 0.3 is 0 Å². The first-order chi connectivity index (χ1) is 39.3. The number of aromatic hydroxyl groups is 1. The Morgan fingerprint density at radius 2 is 1.57 bits per heavy atom. The Kier molecular flexibility index (Phi) is 16.7. The molecule has 12 rings (SSSR count). The number of aliphatic hydroxyl groups excluding tert-OH is 1. The van der Waals surface area contributed by atoms with Gasteiger partial charge < -0.3 is 54.9 Å². The van der Waals surface area contributed by atoms with E-state index in [9.17, 15) is 19.8 Å². The maximum atomic E-state index is 14.4. The van der Waals surface area contributed by atoms with Gasteiger partial charge in [0, 0.05) is 108 Å². The molecule has 2 bridgehead atoms. The molecule has 1 saturated carbocycles. The Morgan fingerprint density at radius 1 is 0.840 bits per heavy atom. The zero-order chi connectivity index (χ0) is 55.9. The lowest BCUT2D eigenvalue weighted by atomic mass is 9.78. The van der Waals surface area contributed by atoms with Crippen molar-refractivity contribution in [3.8, 4) is 27.4 Å². The summed E-state index contributed by atoms with van der Waals surface area (Å²) in [5, 5.41) is 37.5. The molecule has 81 heavy (non-hydrogen) atoms. The quantitative estimate of drug-likeness (QED) is 0.0761. The molecular weight excluding hydrogens is 1040 g/mol. The number of piperidine rings is 2. The van der Waals surface area contributed by atoms with Gasteiger partial charge in [-0.25, -0.2) is 4.98 Å². The number of anilines is 3. The topological polar surface area (TPSA) is 215 Å². The number of benzene rings is 2. The number of carbonyl (C=O) groups is 2. The number of carbonyl (C=O) groups excluding carboxylic acids is 2. The van der Waals surface area contributed by atoms with Gasteiger partial charge in [0.15, 0.2) is 17.4 Å². The number of likely N-dealkylation sites (tertiary alicyclic amines) is 2. The number of morpholine rings is 1. The number of piperazine rings is 1. The van der Waals surface area contributed by atoms with E-state index in [-0.39, 0.29) is 60.8 Å². The predicted molar refractivity (Wildman–Crippen MR) is 312 cm³/mol. The summed E-state index contributed by atoms with van der Waals surface area (Å²) in [6, 6.07) is 19.7. The molecule has 434 valence electrons. The number of fused-ring (bicyclic) bond motifs is 2. The fraction of sp³-hybridized carbons (Fsp3) is 0.607. The number of β-amino-alcohol motifs (C(OH)–C–C–N with tert-alkyl or cyclic N) is 1. The SMILES string of the molecule is Cc1ncsc1-c1ccc([C@H](C)NC(=O)[C@@H]2C[C@@H](O)CN2C(=O)[C@@H](c2cc(N3CCC(OC4CCN(CC5CC(N6CCO[C@@H](CN7C8CC[C@H]7CN(c7cc(-c9ccccc9O)nnc7N)C8)C6)C5)CC4)CC3)no2)C(C)C)cc1. The molecule has 0 spiro atoms. The Labute approximate surface area is 480 Å². The van der Waals surface area contributed by atoms with Crippen molar-refractivity contribution in [2.45, 2.75) is 146 Å². The van der Waals surface area contributed by atoms with E-state index in [1.807, 2.05) is 87.8 Å². The highest BCUT2D eigenvalue weighted by Crippen LogP contribution is 2.40. The largest absolute Gasteiger partial charge is 0.507 e. The number of nitrogens with two attached hydrogens (primary N) is 1. The van der Waals surface area contributed by atoms with Crippen molar-refractivity contribution in [1.29, 1.82) is 0 Å². The molecule has 20 heteroatoms. The lowest BCUT2D eigenvalue weighted by Crippen LogP contribution is -2.59. The van der Waals surface area contributed by atoms with Crippen LogP contribution in [0.2, 0.25) is 0 Å². The lowest BCUT2D eigenvalue weighted by Gasteiger charge is -2.49. The predicted octanol–water partition coefficient (Wildman–Crippen LogP) is 6.71. The fourth-order valence-corrected chi connectivity index (χ4v) is 15.1. The number of aryl methyl sites for hydroxylation is 1. The number of thiazole rings is 1. The van der Waals surface area contributed by atoms with E-state index in [0.29, 0.717) is 46.8 Å². The van der Waals surface area contributed by atoms with E-state index in [1.54, 1.807) is 17.4 Å². The molecule has 1 unspecified atom stereocenters. The van der Waals surface area contributed by atoms with Crippen LogP contribution in [-0.2, 0) is 19.1 Å². The number of aliphatic hydroxyl groups is 1. The number of nitrogen functional groups attached to an aromatic ring is 1. The standard InChI is InChI=1S/C61H82N12O7S/c1-37(2)57(61(77)73-33-46(74)27-53(73)60(76)64-38(3)41-9-11-42(12-10-41)58-39(4)63-36-81-58)55-29-56(67-80-55)69-21-17-48(18-22-69)79-47-15-19-68(20-16-47)30-40-25-45(26-40)70-23-24-78-49(34-70)35-72-43-13-14-44(72)32-71(31-43)52-28-51(65-66-59(52)62)50-7-5-6-8-54(50)75/h5-12,28-29,36-38,40,43-49,53,57,74-75H,13-27,30-35H2,1-4H3,(H2,62,66)(H,64,76)/t38-,40?,43-,44?,45?,46+,49+,53-,57+/m0/s1. The average molecular weight is 1130 g/mol. The molecule has 9 heterocycles. The van der Waals surface area contributed by atoms with E-state index < -0.39 is 18.1 Å². The lowest BCUT2D eigenvalue weighted by molar-refractivity contribution is -0.141. The Balaban J connectivity index is 0.554. The van der Waals surface area contributed by atoms with Gasteiger partial charge in [-0.2, -0.15) is 0 Å². The minimum Gasteiger partial charge on any atom is -0.507 e. The van der Waals surface area contributed by atoms with Crippen LogP contribution in [0.1, 0.15) is 108 Å². The van der Waals surface area contributed by atoms with Crippen molar-refractivity contribution in [1.82, 2.24) is 45.3 Å². The first-order valence-electron chi connectivity index (χ1n) is 29.9. The van der Waals surface area contributed by atoms with Gasteiger partial charge in [0.05, 0.1) is 64.5 Å². The highest BCUT2D eigenvalue weighted by molar-refractivity contribution is 7.13. The summed E-state index contributed by atoms with van der Waals surface area (Å²) in [5.41, 5.74) is 13.5. The average Bonchev–Trinajstić information content (AvgIpc) is 4.46. The smallest absolute Gasteiger partial charge is 0.243 e. The van der Waals surface area contributed by atoms with Gasteiger partial charge in [-0.05, 0) is 106 Å². The van der Waals surface area contributed by atoms with E-state index in [2.05, 4.69) is 50.2 Å². The molecule has 2 aromatic carbocycles. The number of rotatable bonds is 17. The number of aromatic nitrogens is 4. The van der Waals surface area contributed by atoms with Crippen LogP contribution in [0.25, 0.3) is 21.7 Å². The van der Waals surface area contributed by atoms with Crippen LogP contribution in [0.5, 0.6) is 5.75 Å². The molecule has 6 aliphatic heterocycles. The summed E-state index contributed by atoms with van der Waals surface area (Å²) in [5.74, 6) is 1.25. The third kappa shape index (κ3) is 12.2. The third-order valence-corrected chi connectivity index (χ3v) is 19.8. The summed E-state index contributed by atoms with van der Waals surface area (Å²) >= 11 is 1.60. The van der Waals surface area contributed by atoms with Gasteiger partial charge in [0.25, 0.3) is 0 Å². The highest BCUT2D eigenvalue weighted by Gasteiger charge is 2.46. The monoisotopic (exact) mass is 1130 g/mol. The van der Waals surface area contributed by atoms with E-state index in [4.69, 9.17) is 19.7 Å². The van der Waals surface area contributed by atoms with Crippen LogP contribution in [0, 0.1) is 18.8 Å². The van der Waals surface area contributed by atoms with Crippen LogP contribution in [-0.4, -0.2) is 189 Å². The van der Waals surface area contributed by atoms with Gasteiger partial charge in [-0.3, -0.25) is 19.4 Å². The first-order valence-corrected chi connectivity index (χ1v) is 30.8. The zero-order valence-corrected chi connectivity index (χ0v) is 48.3. The normalized spacial score (nSPS) is 27.0. The third-order valence-electron chi connectivity index (χ3n) is 18.9. The van der Waals surface area contributed by atoms with E-state index in [1.165, 1.54) is 37.1 Å². The second-order valence-corrected chi connectivity index (χ2v) is 25.5. The minimum absolute atomic E-state index is 0.0851. The summed E-state index contributed by atoms with van der Waals surface area (Å²) < 4.78 is 19.2. The number of phenols is 1. The molecule has 0 radical (unpaired) electrons. The fourth-order valence-electron chi connectivity index (χ4n) is 14.3. The molecule has 7 aliphatic rings. The molecule has 1 aliphatic carbocycles. The van der Waals surface area contributed by atoms with Gasteiger partial charge in [0.1, 0.15) is 17.7 Å². The Bertz CT molecular complexity index is 2940. The molecule has 5 N–H and O–H groups in total. The number of phenolic OH excluding ortho intramolecular Hbond substituents is 1. The van der Waals surface area contributed by atoms with Crippen molar-refractivity contribution in [2.24, 2.45) is 11.8 Å². The molecule has 2 amide bonds. The molecule has 5 aromatic rings. The van der Waals surface area contributed by atoms with Crippen molar-refractivity contribution in [3.63, 3.8) is 0 Å². The van der Waals surface area contributed by atoms with Crippen LogP contribution in [0.3, 0.4) is 0 Å². The van der Waals surface area contributed by atoms with E-state index >= 15 is 0 Å². The maximum Gasteiger partial charge on any atom is 0.243 e. The summed E-state index contributed by atoms with van der Waals surface area (Å²) in [4.78, 5) is 48.0. The van der Waals surface area contributed by atoms with Crippen LogP contribution in [0.15, 0.2) is 70.7 Å². The number of hydrogen-bond acceptors (Lipinski definition) is 18. The summed E-state index contributed by atoms with van der Waals surface area (Å²) in [6.07, 6.45) is 8.88. The molecular formula is C61H82N12O7S. The van der Waals surface area contributed by atoms with Crippen molar-refractivity contribution in [2.75, 3.05) is 94.1 Å². The number of nitrogens with one attached hydrogen (secondary N) is 1. The summed E-state index contributed by atoms with van der Waals surface area (Å²) in [7, 11) is 0. The van der Waals surface area contributed by atoms with E-state index in [0.717, 1.165) is 124 Å². The Hall–Kier alpha value is -5.74. The van der Waals surface area contributed by atoms with Gasteiger partial charge in [0.2, 0.25) is 11.8 Å². The summed E-state index contributed by atoms with van der Waals surface area (Å²) in [6.45, 7) is 18.5. The molecule has 19 nitrogen and oxygen atoms in total. The van der Waals surface area contributed by atoms with Crippen molar-refractivity contribution >= 4 is 40.5 Å². The first kappa shape index (κ1) is 55.8. The van der Waals surface area contributed by atoms with Crippen molar-refractivity contribution in [3.05, 3.63) is 83.2 Å². The van der Waals surface area contributed by atoms with Crippen LogP contribution < -0.4 is 20.9 Å². The molecule has 3 aromatic heterocycles. The number of nitrogens with zero attached hydrogens (tertiary/aromatic N) is 10. The minimum atomic E-state index is -0.802. The maximum absolute atomic E-state index is 14.4. The second-order valence-electron chi connectivity index (χ2n) is 24.6. The second kappa shape index (κ2) is 24.2. The molecule has 7 atom stereocenters. The van der Waals surface area contributed by atoms with Crippen molar-refractivity contribution < 1.29 is 33.8 Å². The number of amides is 2. The van der Waals surface area contributed by atoms with Crippen LogP contribution in [0.4, 0.5) is 17.3 Å². The molecule has 7 fully saturated rings. The van der Waals surface area contributed by atoms with Gasteiger partial charge in [-0.15, -0.1) is 21.5 Å². The zero-order valence-electron chi connectivity index (χ0n) is 47.5. The number of hydrogen-bond donors (Lipinski definition) is 4. The Morgan fingerprint density at radius 3 is 2.27 bits per heavy atom.